The normalized spacial score (nSPS) is 15.3. The highest BCUT2D eigenvalue weighted by atomic mass is 35.5. The van der Waals surface area contributed by atoms with Crippen molar-refractivity contribution in [3.8, 4) is 11.5 Å². The number of hydrogen-bond acceptors (Lipinski definition) is 4. The molecule has 1 aromatic rings. The summed E-state index contributed by atoms with van der Waals surface area (Å²) in [7, 11) is 1.33. The highest BCUT2D eigenvalue weighted by Gasteiger charge is 2.45. The zero-order valence-corrected chi connectivity index (χ0v) is 13.2. The van der Waals surface area contributed by atoms with Gasteiger partial charge in [-0.15, -0.1) is 12.4 Å². The van der Waals surface area contributed by atoms with E-state index in [4.69, 9.17) is 10.5 Å². The maximum Gasteiger partial charge on any atom is 0.422 e. The Kier molecular flexibility index (Phi) is 6.12. The van der Waals surface area contributed by atoms with Crippen molar-refractivity contribution in [3.05, 3.63) is 23.8 Å². The summed E-state index contributed by atoms with van der Waals surface area (Å²) in [6.07, 6.45) is -3.10. The number of carbonyl (C=O) groups is 1. The molecule has 1 aliphatic rings. The van der Waals surface area contributed by atoms with E-state index in [9.17, 15) is 18.0 Å². The lowest BCUT2D eigenvalue weighted by atomic mass is 10.2. The summed E-state index contributed by atoms with van der Waals surface area (Å²) < 4.78 is 46.2. The number of nitrogens with two attached hydrogens (primary N) is 1. The van der Waals surface area contributed by atoms with Gasteiger partial charge in [0.2, 0.25) is 5.91 Å². The molecule has 0 aromatic heterocycles. The molecule has 1 amide bonds. The van der Waals surface area contributed by atoms with Crippen LogP contribution < -0.4 is 20.5 Å². The van der Waals surface area contributed by atoms with Gasteiger partial charge in [-0.1, -0.05) is 6.07 Å². The van der Waals surface area contributed by atoms with Crippen molar-refractivity contribution in [2.75, 3.05) is 13.7 Å². The van der Waals surface area contributed by atoms with Crippen LogP contribution in [0, 0.1) is 0 Å². The second kappa shape index (κ2) is 7.27. The second-order valence-electron chi connectivity index (χ2n) is 5.23. The smallest absolute Gasteiger partial charge is 0.422 e. The number of alkyl halides is 3. The Morgan fingerprint density at radius 2 is 2.00 bits per heavy atom. The Balaban J connectivity index is 0.00000264. The maximum absolute atomic E-state index is 12.2. The van der Waals surface area contributed by atoms with Crippen LogP contribution in [-0.4, -0.2) is 31.3 Å². The van der Waals surface area contributed by atoms with Gasteiger partial charge < -0.3 is 20.5 Å². The molecule has 0 unspecified atom stereocenters. The Morgan fingerprint density at radius 3 is 2.52 bits per heavy atom. The number of benzene rings is 1. The average Bonchev–Trinajstić information content (AvgIpc) is 3.21. The van der Waals surface area contributed by atoms with Crippen LogP contribution in [0.2, 0.25) is 0 Å². The third-order valence-corrected chi connectivity index (χ3v) is 3.31. The summed E-state index contributed by atoms with van der Waals surface area (Å²) in [5, 5.41) is 2.69. The molecule has 5 nitrogen and oxygen atoms in total. The number of halogens is 4. The van der Waals surface area contributed by atoms with Crippen LogP contribution in [0.1, 0.15) is 18.4 Å². The first kappa shape index (κ1) is 19.4. The number of methoxy groups -OCH3 is 1. The molecule has 0 aliphatic heterocycles. The van der Waals surface area contributed by atoms with Crippen LogP contribution in [0.15, 0.2) is 18.2 Å². The minimum absolute atomic E-state index is 0. The zero-order valence-electron chi connectivity index (χ0n) is 12.4. The van der Waals surface area contributed by atoms with Crippen molar-refractivity contribution in [1.29, 1.82) is 0 Å². The van der Waals surface area contributed by atoms with Gasteiger partial charge in [0.1, 0.15) is 0 Å². The van der Waals surface area contributed by atoms with Gasteiger partial charge in [-0.3, -0.25) is 4.79 Å². The predicted octanol–water partition coefficient (Wildman–Crippen LogP) is 2.17. The van der Waals surface area contributed by atoms with Crippen LogP contribution in [0.5, 0.6) is 11.5 Å². The Morgan fingerprint density at radius 1 is 1.35 bits per heavy atom. The molecule has 1 aromatic carbocycles. The van der Waals surface area contributed by atoms with Crippen LogP contribution in [0.3, 0.4) is 0 Å². The number of carbonyl (C=O) groups excluding carboxylic acids is 1. The predicted molar refractivity (Wildman–Crippen MR) is 79.8 cm³/mol. The zero-order chi connectivity index (χ0) is 16.4. The minimum Gasteiger partial charge on any atom is -0.493 e. The lowest BCUT2D eigenvalue weighted by molar-refractivity contribution is -0.153. The summed E-state index contributed by atoms with van der Waals surface area (Å²) >= 11 is 0. The molecule has 0 spiro atoms. The molecule has 1 aliphatic carbocycles. The van der Waals surface area contributed by atoms with E-state index in [-0.39, 0.29) is 36.4 Å². The van der Waals surface area contributed by atoms with E-state index in [1.807, 2.05) is 0 Å². The third kappa shape index (κ3) is 5.47. The highest BCUT2D eigenvalue weighted by molar-refractivity contribution is 5.88. The van der Waals surface area contributed by atoms with Crippen LogP contribution >= 0.6 is 12.4 Å². The molecule has 9 heteroatoms. The molecule has 1 saturated carbocycles. The van der Waals surface area contributed by atoms with Gasteiger partial charge in [-0.2, -0.15) is 13.2 Å². The van der Waals surface area contributed by atoms with E-state index in [1.165, 1.54) is 19.2 Å². The fourth-order valence-electron chi connectivity index (χ4n) is 1.82. The SMILES string of the molecule is COc1cc(CNC(=O)C2(N)CC2)ccc1OCC(F)(F)F.Cl. The summed E-state index contributed by atoms with van der Waals surface area (Å²) in [5.41, 5.74) is 5.66. The fourth-order valence-corrected chi connectivity index (χ4v) is 1.82. The molecule has 0 bridgehead atoms. The lowest BCUT2D eigenvalue weighted by Gasteiger charge is -2.14. The first-order valence-electron chi connectivity index (χ1n) is 6.67. The van der Waals surface area contributed by atoms with Crippen LogP contribution in [0.4, 0.5) is 13.2 Å². The maximum atomic E-state index is 12.2. The summed E-state index contributed by atoms with van der Waals surface area (Å²) in [4.78, 5) is 11.7. The number of amides is 1. The van der Waals surface area contributed by atoms with Gasteiger partial charge >= 0.3 is 6.18 Å². The third-order valence-electron chi connectivity index (χ3n) is 3.31. The second-order valence-corrected chi connectivity index (χ2v) is 5.23. The van der Waals surface area contributed by atoms with Gasteiger partial charge in [-0.25, -0.2) is 0 Å². The number of ether oxygens (including phenoxy) is 2. The van der Waals surface area contributed by atoms with Gasteiger partial charge in [0.05, 0.1) is 12.6 Å². The van der Waals surface area contributed by atoms with Crippen LogP contribution in [-0.2, 0) is 11.3 Å². The van der Waals surface area contributed by atoms with E-state index >= 15 is 0 Å². The van der Waals surface area contributed by atoms with E-state index in [0.717, 1.165) is 0 Å². The standard InChI is InChI=1S/C14H17F3N2O3.ClH/c1-21-11-6-9(7-19-12(20)13(18)4-5-13)2-3-10(11)22-8-14(15,16)17;/h2-3,6H,4-5,7-8,18H2,1H3,(H,19,20);1H. The van der Waals surface area contributed by atoms with Gasteiger partial charge in [0, 0.05) is 6.54 Å². The van der Waals surface area contributed by atoms with Crippen molar-refractivity contribution >= 4 is 18.3 Å². The van der Waals surface area contributed by atoms with E-state index < -0.39 is 18.3 Å². The van der Waals surface area contributed by atoms with Crippen molar-refractivity contribution < 1.29 is 27.4 Å². The molecule has 1 fully saturated rings. The van der Waals surface area contributed by atoms with E-state index in [2.05, 4.69) is 10.1 Å². The van der Waals surface area contributed by atoms with Crippen molar-refractivity contribution in [2.24, 2.45) is 5.73 Å². The Bertz CT molecular complexity index is 563. The molecular weight excluding hydrogens is 337 g/mol. The van der Waals surface area contributed by atoms with Crippen molar-refractivity contribution in [3.63, 3.8) is 0 Å². The number of nitrogens with one attached hydrogen (secondary N) is 1. The average molecular weight is 355 g/mol. The molecule has 0 radical (unpaired) electrons. The molecule has 23 heavy (non-hydrogen) atoms. The van der Waals surface area contributed by atoms with E-state index in [0.29, 0.717) is 18.4 Å². The minimum atomic E-state index is -4.42. The summed E-state index contributed by atoms with van der Waals surface area (Å²) in [5.74, 6) is -0.0684. The summed E-state index contributed by atoms with van der Waals surface area (Å²) in [6, 6.07) is 4.45. The number of hydrogen-bond donors (Lipinski definition) is 2. The molecule has 0 saturated heterocycles. The first-order chi connectivity index (χ1) is 10.2. The molecular formula is C14H18ClF3N2O3. The van der Waals surface area contributed by atoms with Gasteiger partial charge in [0.15, 0.2) is 18.1 Å². The Hall–Kier alpha value is -1.67. The van der Waals surface area contributed by atoms with Crippen molar-refractivity contribution in [1.82, 2.24) is 5.32 Å². The topological polar surface area (TPSA) is 73.6 Å². The Labute approximate surface area is 137 Å². The molecule has 2 rings (SSSR count). The van der Waals surface area contributed by atoms with Gasteiger partial charge in [0.25, 0.3) is 0 Å². The number of rotatable bonds is 6. The molecule has 3 N–H and O–H groups in total. The van der Waals surface area contributed by atoms with Crippen molar-refractivity contribution in [2.45, 2.75) is 31.1 Å². The molecule has 0 atom stereocenters. The molecule has 130 valence electrons. The monoisotopic (exact) mass is 354 g/mol. The van der Waals surface area contributed by atoms with E-state index in [1.54, 1.807) is 6.07 Å². The largest absolute Gasteiger partial charge is 0.493 e. The summed E-state index contributed by atoms with van der Waals surface area (Å²) in [6.45, 7) is -1.18. The molecule has 0 heterocycles. The van der Waals surface area contributed by atoms with Crippen LogP contribution in [0.25, 0.3) is 0 Å². The highest BCUT2D eigenvalue weighted by Crippen LogP contribution is 2.33. The fraction of sp³-hybridized carbons (Fsp3) is 0.500. The first-order valence-corrected chi connectivity index (χ1v) is 6.67. The lowest BCUT2D eigenvalue weighted by Crippen LogP contribution is -2.42. The van der Waals surface area contributed by atoms with Gasteiger partial charge in [-0.05, 0) is 30.5 Å². The quantitative estimate of drug-likeness (QED) is 0.821.